The molecule has 3 aliphatic rings. The molecular formula is C18H19N3O3. The van der Waals surface area contributed by atoms with E-state index in [0.29, 0.717) is 12.5 Å². The van der Waals surface area contributed by atoms with Crippen LogP contribution in [0.2, 0.25) is 0 Å². The Labute approximate surface area is 139 Å². The fourth-order valence-electron chi connectivity index (χ4n) is 4.09. The predicted octanol–water partition coefficient (Wildman–Crippen LogP) is 3.20. The Hall–Kier alpha value is -2.50. The number of carbonyl (C=O) groups is 1. The van der Waals surface area contributed by atoms with E-state index >= 15 is 0 Å². The lowest BCUT2D eigenvalue weighted by molar-refractivity contribution is -0.116. The minimum Gasteiger partial charge on any atom is -0.454 e. The fraction of sp³-hybridized carbons (Fsp3) is 0.444. The van der Waals surface area contributed by atoms with Crippen molar-refractivity contribution in [3.63, 3.8) is 0 Å². The summed E-state index contributed by atoms with van der Waals surface area (Å²) >= 11 is 0. The molecular weight excluding hydrogens is 306 g/mol. The van der Waals surface area contributed by atoms with Crippen LogP contribution in [-0.2, 0) is 4.79 Å². The highest BCUT2D eigenvalue weighted by molar-refractivity contribution is 5.94. The van der Waals surface area contributed by atoms with Gasteiger partial charge in [-0.05, 0) is 30.5 Å². The van der Waals surface area contributed by atoms with Gasteiger partial charge in [0.15, 0.2) is 11.5 Å². The van der Waals surface area contributed by atoms with E-state index in [-0.39, 0.29) is 18.6 Å². The van der Waals surface area contributed by atoms with Crippen molar-refractivity contribution in [2.24, 2.45) is 0 Å². The number of benzene rings is 1. The summed E-state index contributed by atoms with van der Waals surface area (Å²) in [5.74, 6) is 2.45. The number of nitrogens with one attached hydrogen (secondary N) is 1. The summed E-state index contributed by atoms with van der Waals surface area (Å²) in [6.45, 7) is 0.259. The van der Waals surface area contributed by atoms with Crippen LogP contribution >= 0.6 is 0 Å². The van der Waals surface area contributed by atoms with Crippen LogP contribution in [0.25, 0.3) is 0 Å². The third-order valence-electron chi connectivity index (χ3n) is 5.32. The molecule has 5 rings (SSSR count). The maximum absolute atomic E-state index is 12.3. The minimum atomic E-state index is 0.0124. The lowest BCUT2D eigenvalue weighted by Crippen LogP contribution is -2.25. The number of nitrogens with zero attached hydrogens (tertiary/aromatic N) is 2. The third kappa shape index (κ3) is 2.09. The van der Waals surface area contributed by atoms with Crippen molar-refractivity contribution in [1.82, 2.24) is 9.78 Å². The average molecular weight is 325 g/mol. The first kappa shape index (κ1) is 13.9. The standard InChI is InChI=1S/C18H19N3O3/c22-17-8-13(11-5-6-15-16(7-11)24-10-23-15)14-9-19-21(18(14)20-17)12-3-1-2-4-12/h5-7,9,12-13H,1-4,8,10H2,(H,20,22). The smallest absolute Gasteiger partial charge is 0.231 e. The number of hydrogen-bond acceptors (Lipinski definition) is 4. The average Bonchev–Trinajstić information content (AvgIpc) is 3.32. The van der Waals surface area contributed by atoms with Crippen molar-refractivity contribution < 1.29 is 14.3 Å². The van der Waals surface area contributed by atoms with Crippen LogP contribution in [-0.4, -0.2) is 22.5 Å². The number of aromatic nitrogens is 2. The van der Waals surface area contributed by atoms with Gasteiger partial charge in [0.25, 0.3) is 0 Å². The summed E-state index contributed by atoms with van der Waals surface area (Å²) in [6, 6.07) is 6.34. The Balaban J connectivity index is 1.56. The molecule has 1 N–H and O–H groups in total. The topological polar surface area (TPSA) is 65.4 Å². The molecule has 1 aliphatic carbocycles. The maximum atomic E-state index is 12.3. The normalized spacial score (nSPS) is 22.5. The van der Waals surface area contributed by atoms with E-state index < -0.39 is 0 Å². The van der Waals surface area contributed by atoms with Crippen molar-refractivity contribution in [3.05, 3.63) is 35.5 Å². The van der Waals surface area contributed by atoms with Crippen molar-refractivity contribution in [2.75, 3.05) is 12.1 Å². The molecule has 0 spiro atoms. The van der Waals surface area contributed by atoms with Crippen molar-refractivity contribution >= 4 is 11.7 Å². The van der Waals surface area contributed by atoms with Crippen LogP contribution in [0, 0.1) is 0 Å². The van der Waals surface area contributed by atoms with Crippen LogP contribution in [0.15, 0.2) is 24.4 Å². The molecule has 1 unspecified atom stereocenters. The third-order valence-corrected chi connectivity index (χ3v) is 5.32. The first-order valence-corrected chi connectivity index (χ1v) is 8.56. The van der Waals surface area contributed by atoms with Gasteiger partial charge in [0.05, 0.1) is 12.2 Å². The number of ether oxygens (including phenoxy) is 2. The molecule has 1 fully saturated rings. The van der Waals surface area contributed by atoms with Gasteiger partial charge in [0, 0.05) is 17.9 Å². The Morgan fingerprint density at radius 2 is 2.00 bits per heavy atom. The van der Waals surface area contributed by atoms with Gasteiger partial charge in [-0.1, -0.05) is 18.9 Å². The van der Waals surface area contributed by atoms with Crippen LogP contribution in [0.1, 0.15) is 55.2 Å². The molecule has 0 saturated heterocycles. The van der Waals surface area contributed by atoms with Gasteiger partial charge in [-0.3, -0.25) is 4.79 Å². The summed E-state index contributed by atoms with van der Waals surface area (Å²) in [5, 5.41) is 7.65. The highest BCUT2D eigenvalue weighted by Gasteiger charge is 2.33. The number of fused-ring (bicyclic) bond motifs is 2. The molecule has 124 valence electrons. The maximum Gasteiger partial charge on any atom is 0.231 e. The number of hydrogen-bond donors (Lipinski definition) is 1. The lowest BCUT2D eigenvalue weighted by Gasteiger charge is -2.25. The molecule has 3 heterocycles. The second-order valence-electron chi connectivity index (χ2n) is 6.75. The Morgan fingerprint density at radius 3 is 2.88 bits per heavy atom. The van der Waals surface area contributed by atoms with Crippen LogP contribution in [0.5, 0.6) is 11.5 Å². The molecule has 2 aliphatic heterocycles. The van der Waals surface area contributed by atoms with E-state index in [1.54, 1.807) is 0 Å². The van der Waals surface area contributed by atoms with Crippen LogP contribution in [0.3, 0.4) is 0 Å². The fourth-order valence-corrected chi connectivity index (χ4v) is 4.09. The molecule has 6 nitrogen and oxygen atoms in total. The summed E-state index contributed by atoms with van der Waals surface area (Å²) in [5.41, 5.74) is 2.17. The predicted molar refractivity (Wildman–Crippen MR) is 87.4 cm³/mol. The Bertz CT molecular complexity index is 808. The second kappa shape index (κ2) is 5.26. The van der Waals surface area contributed by atoms with Gasteiger partial charge in [0.2, 0.25) is 12.7 Å². The van der Waals surface area contributed by atoms with Crippen LogP contribution in [0.4, 0.5) is 5.82 Å². The van der Waals surface area contributed by atoms with E-state index in [1.165, 1.54) is 12.8 Å². The van der Waals surface area contributed by atoms with E-state index in [1.807, 2.05) is 29.1 Å². The van der Waals surface area contributed by atoms with Gasteiger partial charge in [-0.25, -0.2) is 4.68 Å². The molecule has 2 aromatic rings. The molecule has 1 aromatic heterocycles. The van der Waals surface area contributed by atoms with E-state index in [4.69, 9.17) is 9.47 Å². The highest BCUT2D eigenvalue weighted by Crippen LogP contribution is 2.43. The van der Waals surface area contributed by atoms with E-state index in [0.717, 1.165) is 41.3 Å². The lowest BCUT2D eigenvalue weighted by atomic mass is 9.87. The largest absolute Gasteiger partial charge is 0.454 e. The highest BCUT2D eigenvalue weighted by atomic mass is 16.7. The summed E-state index contributed by atoms with van der Waals surface area (Å²) in [7, 11) is 0. The quantitative estimate of drug-likeness (QED) is 0.921. The zero-order chi connectivity index (χ0) is 16.1. The van der Waals surface area contributed by atoms with Crippen molar-refractivity contribution in [2.45, 2.75) is 44.1 Å². The number of anilines is 1. The van der Waals surface area contributed by atoms with Gasteiger partial charge in [-0.15, -0.1) is 0 Å². The minimum absolute atomic E-state index is 0.0124. The first-order valence-electron chi connectivity index (χ1n) is 8.56. The van der Waals surface area contributed by atoms with Crippen LogP contribution < -0.4 is 14.8 Å². The van der Waals surface area contributed by atoms with Gasteiger partial charge < -0.3 is 14.8 Å². The summed E-state index contributed by atoms with van der Waals surface area (Å²) in [6.07, 6.45) is 7.10. The molecule has 1 atom stereocenters. The number of carbonyl (C=O) groups excluding carboxylic acids is 1. The van der Waals surface area contributed by atoms with Crippen molar-refractivity contribution in [1.29, 1.82) is 0 Å². The van der Waals surface area contributed by atoms with E-state index in [2.05, 4.69) is 10.4 Å². The molecule has 1 aromatic carbocycles. The van der Waals surface area contributed by atoms with Crippen molar-refractivity contribution in [3.8, 4) is 11.5 Å². The molecule has 0 bridgehead atoms. The van der Waals surface area contributed by atoms with E-state index in [9.17, 15) is 4.79 Å². The zero-order valence-electron chi connectivity index (χ0n) is 13.3. The monoisotopic (exact) mass is 325 g/mol. The first-order chi connectivity index (χ1) is 11.8. The summed E-state index contributed by atoms with van der Waals surface area (Å²) < 4.78 is 12.9. The Kier molecular flexibility index (Phi) is 3.04. The molecule has 24 heavy (non-hydrogen) atoms. The summed E-state index contributed by atoms with van der Waals surface area (Å²) in [4.78, 5) is 12.3. The zero-order valence-corrected chi connectivity index (χ0v) is 13.3. The molecule has 1 amide bonds. The van der Waals surface area contributed by atoms with Gasteiger partial charge >= 0.3 is 0 Å². The van der Waals surface area contributed by atoms with Gasteiger partial charge in [-0.2, -0.15) is 5.10 Å². The van der Waals surface area contributed by atoms with Gasteiger partial charge in [0.1, 0.15) is 5.82 Å². The Morgan fingerprint density at radius 1 is 1.17 bits per heavy atom. The molecule has 6 heteroatoms. The second-order valence-corrected chi connectivity index (χ2v) is 6.75. The number of amides is 1. The molecule has 0 radical (unpaired) electrons. The number of rotatable bonds is 2. The SMILES string of the molecule is O=C1CC(c2ccc3c(c2)OCO3)c2cnn(C3CCCC3)c2N1. The molecule has 1 saturated carbocycles.